The molecule has 1 aromatic heterocycles. The second-order valence-electron chi connectivity index (χ2n) is 4.95. The summed E-state index contributed by atoms with van der Waals surface area (Å²) in [6, 6.07) is 3.64. The molecule has 1 heterocycles. The van der Waals surface area contributed by atoms with E-state index < -0.39 is 0 Å². The molecule has 0 aliphatic heterocycles. The molecule has 19 heavy (non-hydrogen) atoms. The molecule has 0 saturated heterocycles. The molecule has 0 amide bonds. The fourth-order valence-electron chi connectivity index (χ4n) is 1.94. The largest absolute Gasteiger partial charge is 0.477 e. The minimum Gasteiger partial charge on any atom is -0.477 e. The molecular formula is C15H25N3O. The maximum absolute atomic E-state index is 7.55. The van der Waals surface area contributed by atoms with E-state index in [2.05, 4.69) is 18.8 Å². The second-order valence-corrected chi connectivity index (χ2v) is 4.95. The number of hydrogen-bond acceptors (Lipinski definition) is 3. The van der Waals surface area contributed by atoms with Crippen molar-refractivity contribution in [2.75, 3.05) is 6.61 Å². The summed E-state index contributed by atoms with van der Waals surface area (Å²) in [5.41, 5.74) is 7.00. The van der Waals surface area contributed by atoms with Gasteiger partial charge in [-0.05, 0) is 31.4 Å². The van der Waals surface area contributed by atoms with Crippen LogP contribution in [0.3, 0.4) is 0 Å². The van der Waals surface area contributed by atoms with Crippen molar-refractivity contribution in [1.29, 1.82) is 5.41 Å². The van der Waals surface area contributed by atoms with Crippen LogP contribution in [0.4, 0.5) is 0 Å². The van der Waals surface area contributed by atoms with E-state index in [1.54, 1.807) is 6.07 Å². The number of aryl methyl sites for hydroxylation is 1. The lowest BCUT2D eigenvalue weighted by Gasteiger charge is -2.16. The fourth-order valence-corrected chi connectivity index (χ4v) is 1.94. The Hall–Kier alpha value is -1.58. The van der Waals surface area contributed by atoms with E-state index in [0.29, 0.717) is 24.0 Å². The van der Waals surface area contributed by atoms with Crippen LogP contribution in [0.1, 0.15) is 50.8 Å². The minimum absolute atomic E-state index is 0.00380. The number of nitrogens with two attached hydrogens (primary N) is 1. The quantitative estimate of drug-likeness (QED) is 0.558. The van der Waals surface area contributed by atoms with Crippen LogP contribution in [-0.2, 0) is 0 Å². The third-order valence-electron chi connectivity index (χ3n) is 3.29. The molecule has 4 heteroatoms. The third-order valence-corrected chi connectivity index (χ3v) is 3.29. The molecule has 1 rings (SSSR count). The molecule has 106 valence electrons. The molecule has 0 aliphatic carbocycles. The van der Waals surface area contributed by atoms with Gasteiger partial charge in [0.15, 0.2) is 0 Å². The van der Waals surface area contributed by atoms with Crippen molar-refractivity contribution in [3.63, 3.8) is 0 Å². The Morgan fingerprint density at radius 3 is 2.74 bits per heavy atom. The van der Waals surface area contributed by atoms with Gasteiger partial charge >= 0.3 is 0 Å². The van der Waals surface area contributed by atoms with Gasteiger partial charge in [-0.1, -0.05) is 33.1 Å². The number of nitrogens with one attached hydrogen (secondary N) is 1. The molecule has 0 spiro atoms. The monoisotopic (exact) mass is 263 g/mol. The van der Waals surface area contributed by atoms with Gasteiger partial charge in [-0.2, -0.15) is 0 Å². The van der Waals surface area contributed by atoms with E-state index in [4.69, 9.17) is 15.9 Å². The maximum Gasteiger partial charge on any atom is 0.224 e. The third kappa shape index (κ3) is 4.89. The summed E-state index contributed by atoms with van der Waals surface area (Å²) in [6.45, 7) is 6.93. The van der Waals surface area contributed by atoms with Gasteiger partial charge in [0, 0.05) is 5.69 Å². The molecule has 0 bridgehead atoms. The zero-order valence-corrected chi connectivity index (χ0v) is 12.2. The van der Waals surface area contributed by atoms with Crippen LogP contribution < -0.4 is 10.5 Å². The van der Waals surface area contributed by atoms with Crippen LogP contribution >= 0.6 is 0 Å². The first-order valence-corrected chi connectivity index (χ1v) is 7.03. The first-order chi connectivity index (χ1) is 9.08. The summed E-state index contributed by atoms with van der Waals surface area (Å²) in [5.74, 6) is 1.04. The van der Waals surface area contributed by atoms with E-state index in [1.165, 1.54) is 19.3 Å². The number of amidine groups is 1. The van der Waals surface area contributed by atoms with Gasteiger partial charge < -0.3 is 10.5 Å². The highest BCUT2D eigenvalue weighted by molar-refractivity contribution is 5.97. The summed E-state index contributed by atoms with van der Waals surface area (Å²) in [5, 5.41) is 7.55. The van der Waals surface area contributed by atoms with E-state index in [1.807, 2.05) is 13.0 Å². The average Bonchev–Trinajstić information content (AvgIpc) is 2.38. The highest BCUT2D eigenvalue weighted by Crippen LogP contribution is 2.19. The zero-order valence-electron chi connectivity index (χ0n) is 12.2. The smallest absolute Gasteiger partial charge is 0.224 e. The number of nitrogen functional groups attached to an aromatic ring is 1. The topological polar surface area (TPSA) is 72.0 Å². The summed E-state index contributed by atoms with van der Waals surface area (Å²) in [4.78, 5) is 4.34. The van der Waals surface area contributed by atoms with Crippen molar-refractivity contribution in [1.82, 2.24) is 4.98 Å². The van der Waals surface area contributed by atoms with Crippen molar-refractivity contribution < 1.29 is 4.74 Å². The maximum atomic E-state index is 7.55. The molecule has 0 fully saturated rings. The van der Waals surface area contributed by atoms with Crippen molar-refractivity contribution in [3.8, 4) is 5.88 Å². The van der Waals surface area contributed by atoms with Gasteiger partial charge in [-0.3, -0.25) is 5.41 Å². The Labute approximate surface area is 115 Å². The Morgan fingerprint density at radius 2 is 2.16 bits per heavy atom. The Balaban J connectivity index is 2.70. The predicted molar refractivity (Wildman–Crippen MR) is 78.8 cm³/mol. The molecule has 4 nitrogen and oxygen atoms in total. The van der Waals surface area contributed by atoms with Gasteiger partial charge in [-0.25, -0.2) is 4.98 Å². The first kappa shape index (κ1) is 15.5. The van der Waals surface area contributed by atoms with Crippen molar-refractivity contribution in [3.05, 3.63) is 23.4 Å². The standard InChI is InChI=1S/C15H25N3O/c1-4-6-7-12(5-2)10-19-15-13(14(16)17)9-8-11(3)18-15/h8-9,12H,4-7,10H2,1-3H3,(H3,16,17). The number of pyridine rings is 1. The molecule has 0 saturated carbocycles. The lowest BCUT2D eigenvalue weighted by Crippen LogP contribution is -2.17. The van der Waals surface area contributed by atoms with E-state index >= 15 is 0 Å². The van der Waals surface area contributed by atoms with Gasteiger partial charge in [0.2, 0.25) is 5.88 Å². The summed E-state index contributed by atoms with van der Waals surface area (Å²) in [6.07, 6.45) is 4.70. The van der Waals surface area contributed by atoms with E-state index in [9.17, 15) is 0 Å². The van der Waals surface area contributed by atoms with Crippen LogP contribution in [0.25, 0.3) is 0 Å². The Morgan fingerprint density at radius 1 is 1.42 bits per heavy atom. The number of unbranched alkanes of at least 4 members (excludes halogenated alkanes) is 1. The van der Waals surface area contributed by atoms with Crippen LogP contribution in [0, 0.1) is 18.3 Å². The molecule has 1 atom stereocenters. The lowest BCUT2D eigenvalue weighted by atomic mass is 10.0. The lowest BCUT2D eigenvalue weighted by molar-refractivity contribution is 0.225. The molecule has 3 N–H and O–H groups in total. The van der Waals surface area contributed by atoms with Crippen LogP contribution in [0.15, 0.2) is 12.1 Å². The summed E-state index contributed by atoms with van der Waals surface area (Å²) < 4.78 is 5.80. The highest BCUT2D eigenvalue weighted by Gasteiger charge is 2.12. The summed E-state index contributed by atoms with van der Waals surface area (Å²) >= 11 is 0. The molecule has 1 unspecified atom stereocenters. The first-order valence-electron chi connectivity index (χ1n) is 7.03. The highest BCUT2D eigenvalue weighted by atomic mass is 16.5. The number of rotatable bonds is 8. The normalized spacial score (nSPS) is 12.2. The number of nitrogens with zero attached hydrogens (tertiary/aromatic N) is 1. The molecule has 0 radical (unpaired) electrons. The van der Waals surface area contributed by atoms with Gasteiger partial charge in [0.1, 0.15) is 5.84 Å². The molecular weight excluding hydrogens is 238 g/mol. The zero-order chi connectivity index (χ0) is 14.3. The summed E-state index contributed by atoms with van der Waals surface area (Å²) in [7, 11) is 0. The van der Waals surface area contributed by atoms with Crippen LogP contribution in [0.2, 0.25) is 0 Å². The number of aromatic nitrogens is 1. The van der Waals surface area contributed by atoms with Gasteiger partial charge in [0.25, 0.3) is 0 Å². The Kier molecular flexibility index (Phi) is 6.33. The van der Waals surface area contributed by atoms with E-state index in [0.717, 1.165) is 12.1 Å². The van der Waals surface area contributed by atoms with Crippen LogP contribution in [-0.4, -0.2) is 17.4 Å². The number of hydrogen-bond donors (Lipinski definition) is 2. The van der Waals surface area contributed by atoms with Gasteiger partial charge in [0.05, 0.1) is 12.2 Å². The fraction of sp³-hybridized carbons (Fsp3) is 0.600. The van der Waals surface area contributed by atoms with E-state index in [-0.39, 0.29) is 5.84 Å². The minimum atomic E-state index is 0.00380. The van der Waals surface area contributed by atoms with Crippen molar-refractivity contribution in [2.45, 2.75) is 46.5 Å². The molecule has 1 aromatic rings. The van der Waals surface area contributed by atoms with Crippen molar-refractivity contribution in [2.24, 2.45) is 11.7 Å². The SMILES string of the molecule is CCCCC(CC)COc1nc(C)ccc1C(=N)N. The molecule has 0 aliphatic rings. The average molecular weight is 263 g/mol. The van der Waals surface area contributed by atoms with Crippen LogP contribution in [0.5, 0.6) is 5.88 Å². The molecule has 0 aromatic carbocycles. The second kappa shape index (κ2) is 7.77. The predicted octanol–water partition coefficient (Wildman–Crippen LogP) is 3.27. The van der Waals surface area contributed by atoms with Crippen molar-refractivity contribution >= 4 is 5.84 Å². The number of ether oxygens (including phenoxy) is 1. The van der Waals surface area contributed by atoms with Gasteiger partial charge in [-0.15, -0.1) is 0 Å². The Bertz CT molecular complexity index is 418.